The second-order valence-corrected chi connectivity index (χ2v) is 8.06. The molecule has 2 aliphatic rings. The molecule has 0 saturated carbocycles. The molecule has 7 nitrogen and oxygen atoms in total. The van der Waals surface area contributed by atoms with Gasteiger partial charge in [0.1, 0.15) is 19.0 Å². The van der Waals surface area contributed by atoms with Crippen LogP contribution in [0.15, 0.2) is 72.6 Å². The minimum atomic E-state index is -0.730. The number of fused-ring (bicyclic) bond motifs is 1. The Morgan fingerprint density at radius 1 is 1.03 bits per heavy atom. The quantitative estimate of drug-likeness (QED) is 0.376. The number of hydrogen-bond acceptors (Lipinski definition) is 6. The maximum Gasteiger partial charge on any atom is 0.295 e. The molecule has 166 valence electrons. The van der Waals surface area contributed by atoms with Crippen LogP contribution >= 0.6 is 0 Å². The predicted molar refractivity (Wildman–Crippen MR) is 121 cm³/mol. The van der Waals surface area contributed by atoms with Crippen LogP contribution in [0.4, 0.5) is 0 Å². The number of ketones is 1. The first-order chi connectivity index (χ1) is 16.0. The van der Waals surface area contributed by atoms with Crippen LogP contribution < -0.4 is 9.47 Å². The standard InChI is InChI=1S/C26H22N2O5/c1-16-3-2-4-18(13-16)23-22(24(29)19-5-6-20-21(14-19)33-12-11-32-20)25(30)26(31)28(23)15-17-7-9-27-10-8-17/h2-10,13-14,23,29H,11-12,15H2,1H3/b24-22-. The van der Waals surface area contributed by atoms with E-state index in [-0.39, 0.29) is 17.9 Å². The molecule has 3 heterocycles. The molecule has 0 radical (unpaired) electrons. The molecule has 0 bridgehead atoms. The van der Waals surface area contributed by atoms with Crippen LogP contribution in [0.3, 0.4) is 0 Å². The Bertz CT molecular complexity index is 1270. The third-order valence-electron chi connectivity index (χ3n) is 5.82. The van der Waals surface area contributed by atoms with Gasteiger partial charge in [0.25, 0.3) is 11.7 Å². The van der Waals surface area contributed by atoms with Crippen LogP contribution in [0.25, 0.3) is 5.76 Å². The summed E-state index contributed by atoms with van der Waals surface area (Å²) in [5.41, 5.74) is 3.02. The molecule has 1 N–H and O–H groups in total. The number of rotatable bonds is 4. The summed E-state index contributed by atoms with van der Waals surface area (Å²) in [5.74, 6) is -0.552. The van der Waals surface area contributed by atoms with Crippen molar-refractivity contribution in [2.45, 2.75) is 19.5 Å². The number of carbonyl (C=O) groups is 2. The molecule has 1 amide bonds. The summed E-state index contributed by atoms with van der Waals surface area (Å²) in [4.78, 5) is 31.8. The normalized spacial score (nSPS) is 19.1. The number of likely N-dealkylation sites (tertiary alicyclic amines) is 1. The number of aryl methyl sites for hydroxylation is 1. The van der Waals surface area contributed by atoms with Gasteiger partial charge in [-0.2, -0.15) is 0 Å². The minimum absolute atomic E-state index is 0.0522. The van der Waals surface area contributed by atoms with Crippen LogP contribution in [-0.2, 0) is 16.1 Å². The van der Waals surface area contributed by atoms with Crippen molar-refractivity contribution in [1.29, 1.82) is 0 Å². The van der Waals surface area contributed by atoms with Gasteiger partial charge in [0.15, 0.2) is 11.5 Å². The van der Waals surface area contributed by atoms with Gasteiger partial charge >= 0.3 is 0 Å². The summed E-state index contributed by atoms with van der Waals surface area (Å²) in [6, 6.07) is 15.5. The number of hydrogen-bond donors (Lipinski definition) is 1. The highest BCUT2D eigenvalue weighted by atomic mass is 16.6. The summed E-state index contributed by atoms with van der Waals surface area (Å²) < 4.78 is 11.2. The first kappa shape index (κ1) is 20.8. The molecule has 3 aromatic rings. The van der Waals surface area contributed by atoms with Crippen LogP contribution in [0.5, 0.6) is 11.5 Å². The number of pyridine rings is 1. The molecule has 7 heteroatoms. The highest BCUT2D eigenvalue weighted by Gasteiger charge is 2.46. The topological polar surface area (TPSA) is 89.0 Å². The number of aromatic nitrogens is 1. The molecule has 1 aromatic heterocycles. The number of carbonyl (C=O) groups excluding carboxylic acids is 2. The fourth-order valence-corrected chi connectivity index (χ4v) is 4.26. The molecule has 1 unspecified atom stereocenters. The SMILES string of the molecule is Cc1cccc(C2/C(=C(/O)c3ccc4c(c3)OCCO4)C(=O)C(=O)N2Cc2ccncc2)c1. The van der Waals surface area contributed by atoms with Crippen molar-refractivity contribution in [2.24, 2.45) is 0 Å². The summed E-state index contributed by atoms with van der Waals surface area (Å²) >= 11 is 0. The zero-order chi connectivity index (χ0) is 22.9. The van der Waals surface area contributed by atoms with E-state index >= 15 is 0 Å². The van der Waals surface area contributed by atoms with Crippen molar-refractivity contribution in [2.75, 3.05) is 13.2 Å². The first-order valence-corrected chi connectivity index (χ1v) is 10.7. The minimum Gasteiger partial charge on any atom is -0.507 e. The molecular weight excluding hydrogens is 420 g/mol. The number of nitrogens with zero attached hydrogens (tertiary/aromatic N) is 2. The summed E-state index contributed by atoms with van der Waals surface area (Å²) in [7, 11) is 0. The van der Waals surface area contributed by atoms with Gasteiger partial charge in [-0.1, -0.05) is 29.8 Å². The van der Waals surface area contributed by atoms with Gasteiger partial charge in [0, 0.05) is 24.5 Å². The average molecular weight is 442 g/mol. The van der Waals surface area contributed by atoms with Crippen LogP contribution in [-0.4, -0.2) is 39.9 Å². The number of Topliss-reactive ketones (excluding diaryl/α,β-unsaturated/α-hetero) is 1. The zero-order valence-electron chi connectivity index (χ0n) is 18.0. The highest BCUT2D eigenvalue weighted by molar-refractivity contribution is 6.46. The van der Waals surface area contributed by atoms with E-state index in [9.17, 15) is 14.7 Å². The fraction of sp³-hybridized carbons (Fsp3) is 0.192. The number of ether oxygens (including phenoxy) is 2. The molecule has 2 aromatic carbocycles. The molecule has 0 spiro atoms. The molecule has 5 rings (SSSR count). The van der Waals surface area contributed by atoms with Gasteiger partial charge < -0.3 is 19.5 Å². The first-order valence-electron chi connectivity index (χ1n) is 10.7. The lowest BCUT2D eigenvalue weighted by molar-refractivity contribution is -0.140. The average Bonchev–Trinajstić information content (AvgIpc) is 3.09. The summed E-state index contributed by atoms with van der Waals surface area (Å²) in [6.07, 6.45) is 3.28. The predicted octanol–water partition coefficient (Wildman–Crippen LogP) is 3.78. The van der Waals surface area contributed by atoms with Gasteiger partial charge in [-0.05, 0) is 48.4 Å². The van der Waals surface area contributed by atoms with E-state index in [4.69, 9.17) is 9.47 Å². The van der Waals surface area contributed by atoms with E-state index < -0.39 is 17.7 Å². The Labute approximate surface area is 190 Å². The van der Waals surface area contributed by atoms with E-state index in [1.807, 2.05) is 31.2 Å². The molecule has 1 fully saturated rings. The molecule has 1 atom stereocenters. The summed E-state index contributed by atoms with van der Waals surface area (Å²) in [6.45, 7) is 3.01. The second-order valence-electron chi connectivity index (χ2n) is 8.06. The molecule has 33 heavy (non-hydrogen) atoms. The second kappa shape index (κ2) is 8.43. The molecule has 1 saturated heterocycles. The van der Waals surface area contributed by atoms with Crippen molar-refractivity contribution in [3.05, 3.63) is 94.8 Å². The van der Waals surface area contributed by atoms with Crippen molar-refractivity contribution in [3.63, 3.8) is 0 Å². The van der Waals surface area contributed by atoms with E-state index in [1.54, 1.807) is 42.7 Å². The Morgan fingerprint density at radius 2 is 1.79 bits per heavy atom. The highest BCUT2D eigenvalue weighted by Crippen LogP contribution is 2.41. The van der Waals surface area contributed by atoms with Crippen molar-refractivity contribution >= 4 is 17.4 Å². The Hall–Kier alpha value is -4.13. The van der Waals surface area contributed by atoms with Crippen LogP contribution in [0.2, 0.25) is 0 Å². The lowest BCUT2D eigenvalue weighted by Crippen LogP contribution is -2.29. The van der Waals surface area contributed by atoms with Gasteiger partial charge in [0.05, 0.1) is 11.6 Å². The Balaban J connectivity index is 1.64. The van der Waals surface area contributed by atoms with E-state index in [0.29, 0.717) is 30.3 Å². The Kier molecular flexibility index (Phi) is 5.30. The lowest BCUT2D eigenvalue weighted by Gasteiger charge is -2.26. The van der Waals surface area contributed by atoms with Gasteiger partial charge in [0.2, 0.25) is 0 Å². The van der Waals surface area contributed by atoms with Crippen molar-refractivity contribution in [3.8, 4) is 11.5 Å². The number of aliphatic hydroxyl groups excluding tert-OH is 1. The largest absolute Gasteiger partial charge is 0.507 e. The third-order valence-corrected chi connectivity index (χ3v) is 5.82. The summed E-state index contributed by atoms with van der Waals surface area (Å²) in [5, 5.41) is 11.3. The molecule has 2 aliphatic heterocycles. The van der Waals surface area contributed by atoms with E-state index in [0.717, 1.165) is 16.7 Å². The van der Waals surface area contributed by atoms with E-state index in [1.165, 1.54) is 4.90 Å². The lowest BCUT2D eigenvalue weighted by atomic mass is 9.94. The van der Waals surface area contributed by atoms with Gasteiger partial charge in [-0.3, -0.25) is 14.6 Å². The maximum absolute atomic E-state index is 13.2. The third kappa shape index (κ3) is 3.82. The van der Waals surface area contributed by atoms with Crippen LogP contribution in [0.1, 0.15) is 28.3 Å². The Morgan fingerprint density at radius 3 is 2.55 bits per heavy atom. The van der Waals surface area contributed by atoms with Crippen LogP contribution in [0, 0.1) is 6.92 Å². The monoisotopic (exact) mass is 442 g/mol. The van der Waals surface area contributed by atoms with Gasteiger partial charge in [-0.25, -0.2) is 0 Å². The number of aliphatic hydroxyl groups is 1. The number of amides is 1. The van der Waals surface area contributed by atoms with Crippen molar-refractivity contribution in [1.82, 2.24) is 9.88 Å². The zero-order valence-corrected chi connectivity index (χ0v) is 18.0. The number of benzene rings is 2. The molecule has 0 aliphatic carbocycles. The van der Waals surface area contributed by atoms with Crippen molar-refractivity contribution < 1.29 is 24.2 Å². The fourth-order valence-electron chi connectivity index (χ4n) is 4.26. The molecular formula is C26H22N2O5. The smallest absolute Gasteiger partial charge is 0.295 e. The van der Waals surface area contributed by atoms with Gasteiger partial charge in [-0.15, -0.1) is 0 Å². The van der Waals surface area contributed by atoms with E-state index in [2.05, 4.69) is 4.98 Å². The maximum atomic E-state index is 13.2.